The van der Waals surface area contributed by atoms with E-state index in [4.69, 9.17) is 10.8 Å². The second-order valence-electron chi connectivity index (χ2n) is 6.22. The van der Waals surface area contributed by atoms with Crippen molar-refractivity contribution in [2.24, 2.45) is 11.8 Å². The Kier molecular flexibility index (Phi) is 3.88. The van der Waals surface area contributed by atoms with Gasteiger partial charge in [-0.3, -0.25) is 0 Å². The van der Waals surface area contributed by atoms with Crippen molar-refractivity contribution >= 4 is 5.82 Å². The zero-order valence-electron chi connectivity index (χ0n) is 12.6. The van der Waals surface area contributed by atoms with Gasteiger partial charge in [-0.2, -0.15) is 0 Å². The first kappa shape index (κ1) is 14.0. The lowest BCUT2D eigenvalue weighted by atomic mass is 10.0. The molecule has 2 aromatic rings. The minimum Gasteiger partial charge on any atom is -0.308 e. The van der Waals surface area contributed by atoms with E-state index in [2.05, 4.69) is 48.5 Å². The predicted octanol–water partition coefficient (Wildman–Crippen LogP) is 2.84. The van der Waals surface area contributed by atoms with Crippen LogP contribution in [-0.2, 0) is 19.3 Å². The van der Waals surface area contributed by atoms with Gasteiger partial charge in [-0.15, -0.1) is 0 Å². The Labute approximate surface area is 125 Å². The van der Waals surface area contributed by atoms with Crippen LogP contribution in [-0.4, -0.2) is 9.97 Å². The predicted molar refractivity (Wildman–Crippen MR) is 85.0 cm³/mol. The summed E-state index contributed by atoms with van der Waals surface area (Å²) in [4.78, 5) is 9.36. The van der Waals surface area contributed by atoms with Gasteiger partial charge in [0.2, 0.25) is 0 Å². The highest BCUT2D eigenvalue weighted by molar-refractivity contribution is 5.39. The van der Waals surface area contributed by atoms with Crippen LogP contribution in [0, 0.1) is 5.92 Å². The van der Waals surface area contributed by atoms with Crippen molar-refractivity contribution in [2.75, 3.05) is 5.43 Å². The van der Waals surface area contributed by atoms with Gasteiger partial charge in [-0.05, 0) is 36.3 Å². The standard InChI is InChI=1S/C17H22N4/c1-11(2)7-15-10-16(21-18)20-17(19-15)14-8-12-5-3-4-6-13(12)9-14/h3-6,10-11,14H,7-9,18H2,1-2H3,(H,19,20,21). The summed E-state index contributed by atoms with van der Waals surface area (Å²) in [7, 11) is 0. The van der Waals surface area contributed by atoms with E-state index in [1.807, 2.05) is 6.07 Å². The first-order valence-corrected chi connectivity index (χ1v) is 7.57. The van der Waals surface area contributed by atoms with Crippen LogP contribution >= 0.6 is 0 Å². The van der Waals surface area contributed by atoms with Gasteiger partial charge in [0, 0.05) is 17.7 Å². The Hall–Kier alpha value is -1.94. The lowest BCUT2D eigenvalue weighted by molar-refractivity contribution is 0.617. The normalized spacial score (nSPS) is 14.5. The van der Waals surface area contributed by atoms with Crippen molar-refractivity contribution in [2.45, 2.75) is 39.0 Å². The summed E-state index contributed by atoms with van der Waals surface area (Å²) in [6, 6.07) is 10.6. The molecule has 1 aromatic carbocycles. The maximum Gasteiger partial charge on any atom is 0.143 e. The number of aromatic nitrogens is 2. The van der Waals surface area contributed by atoms with Gasteiger partial charge in [0.1, 0.15) is 11.6 Å². The third-order valence-electron chi connectivity index (χ3n) is 3.98. The molecule has 0 amide bonds. The first-order chi connectivity index (χ1) is 10.2. The third kappa shape index (κ3) is 3.05. The minimum atomic E-state index is 0.363. The maximum absolute atomic E-state index is 5.56. The molecule has 1 heterocycles. The molecule has 0 saturated carbocycles. The van der Waals surface area contributed by atoms with Crippen molar-refractivity contribution in [3.63, 3.8) is 0 Å². The van der Waals surface area contributed by atoms with Gasteiger partial charge >= 0.3 is 0 Å². The Morgan fingerprint density at radius 3 is 2.43 bits per heavy atom. The number of nitrogens with two attached hydrogens (primary N) is 1. The fraction of sp³-hybridized carbons (Fsp3) is 0.412. The molecule has 0 radical (unpaired) electrons. The van der Waals surface area contributed by atoms with Crippen LogP contribution in [0.15, 0.2) is 30.3 Å². The number of hydrazine groups is 1. The number of benzene rings is 1. The van der Waals surface area contributed by atoms with Crippen LogP contribution in [0.25, 0.3) is 0 Å². The van der Waals surface area contributed by atoms with E-state index in [-0.39, 0.29) is 0 Å². The molecule has 21 heavy (non-hydrogen) atoms. The molecular formula is C17H22N4. The Morgan fingerprint density at radius 1 is 1.19 bits per heavy atom. The number of hydrogen-bond donors (Lipinski definition) is 2. The van der Waals surface area contributed by atoms with Crippen molar-refractivity contribution < 1.29 is 0 Å². The van der Waals surface area contributed by atoms with Crippen molar-refractivity contribution in [1.82, 2.24) is 9.97 Å². The molecule has 0 bridgehead atoms. The number of fused-ring (bicyclic) bond motifs is 1. The number of nitrogen functional groups attached to an aromatic ring is 1. The lowest BCUT2D eigenvalue weighted by Crippen LogP contribution is -2.14. The molecule has 0 aliphatic heterocycles. The molecule has 1 aromatic heterocycles. The van der Waals surface area contributed by atoms with Crippen LogP contribution < -0.4 is 11.3 Å². The van der Waals surface area contributed by atoms with Crippen LogP contribution in [0.1, 0.15) is 42.4 Å². The van der Waals surface area contributed by atoms with Gasteiger partial charge in [-0.25, -0.2) is 15.8 Å². The fourth-order valence-corrected chi connectivity index (χ4v) is 3.04. The summed E-state index contributed by atoms with van der Waals surface area (Å²) >= 11 is 0. The van der Waals surface area contributed by atoms with Crippen LogP contribution in [0.2, 0.25) is 0 Å². The lowest BCUT2D eigenvalue weighted by Gasteiger charge is -2.13. The van der Waals surface area contributed by atoms with Crippen molar-refractivity contribution in [1.29, 1.82) is 0 Å². The summed E-state index contributed by atoms with van der Waals surface area (Å²) in [5.74, 6) is 8.12. The summed E-state index contributed by atoms with van der Waals surface area (Å²) in [6.07, 6.45) is 2.99. The monoisotopic (exact) mass is 282 g/mol. The van der Waals surface area contributed by atoms with E-state index in [9.17, 15) is 0 Å². The van der Waals surface area contributed by atoms with Crippen LogP contribution in [0.4, 0.5) is 5.82 Å². The average molecular weight is 282 g/mol. The Morgan fingerprint density at radius 2 is 1.86 bits per heavy atom. The van der Waals surface area contributed by atoms with Gasteiger partial charge in [0.15, 0.2) is 0 Å². The van der Waals surface area contributed by atoms with Gasteiger partial charge < -0.3 is 5.43 Å². The Bertz CT molecular complexity index is 611. The quantitative estimate of drug-likeness (QED) is 0.668. The molecule has 110 valence electrons. The smallest absolute Gasteiger partial charge is 0.143 e. The molecule has 1 aliphatic carbocycles. The van der Waals surface area contributed by atoms with Crippen LogP contribution in [0.3, 0.4) is 0 Å². The van der Waals surface area contributed by atoms with E-state index < -0.39 is 0 Å². The number of rotatable bonds is 4. The third-order valence-corrected chi connectivity index (χ3v) is 3.98. The molecular weight excluding hydrogens is 260 g/mol. The van der Waals surface area contributed by atoms with Gasteiger partial charge in [-0.1, -0.05) is 38.1 Å². The molecule has 3 rings (SSSR count). The molecule has 4 nitrogen and oxygen atoms in total. The van der Waals surface area contributed by atoms with Crippen molar-refractivity contribution in [3.8, 4) is 0 Å². The van der Waals surface area contributed by atoms with E-state index >= 15 is 0 Å². The second-order valence-corrected chi connectivity index (χ2v) is 6.22. The van der Waals surface area contributed by atoms with Crippen LogP contribution in [0.5, 0.6) is 0 Å². The molecule has 4 heteroatoms. The van der Waals surface area contributed by atoms with Gasteiger partial charge in [0.05, 0.1) is 0 Å². The van der Waals surface area contributed by atoms with E-state index in [0.29, 0.717) is 17.7 Å². The number of anilines is 1. The maximum atomic E-state index is 5.56. The molecule has 0 atom stereocenters. The highest BCUT2D eigenvalue weighted by Crippen LogP contribution is 2.32. The van der Waals surface area contributed by atoms with E-state index in [0.717, 1.165) is 30.8 Å². The molecule has 0 unspecified atom stereocenters. The highest BCUT2D eigenvalue weighted by atomic mass is 15.3. The summed E-state index contributed by atoms with van der Waals surface area (Å²) in [6.45, 7) is 4.39. The van der Waals surface area contributed by atoms with E-state index in [1.165, 1.54) is 11.1 Å². The molecule has 0 fully saturated rings. The summed E-state index contributed by atoms with van der Waals surface area (Å²) in [5, 5.41) is 0. The molecule has 3 N–H and O–H groups in total. The summed E-state index contributed by atoms with van der Waals surface area (Å²) < 4.78 is 0. The zero-order valence-corrected chi connectivity index (χ0v) is 12.6. The minimum absolute atomic E-state index is 0.363. The number of hydrogen-bond acceptors (Lipinski definition) is 4. The topological polar surface area (TPSA) is 63.8 Å². The van der Waals surface area contributed by atoms with E-state index in [1.54, 1.807) is 0 Å². The number of nitrogens with zero attached hydrogens (tertiary/aromatic N) is 2. The Balaban J connectivity index is 1.89. The zero-order chi connectivity index (χ0) is 14.8. The summed E-state index contributed by atoms with van der Waals surface area (Å²) in [5.41, 5.74) is 6.58. The second kappa shape index (κ2) is 5.82. The molecule has 1 aliphatic rings. The largest absolute Gasteiger partial charge is 0.308 e. The highest BCUT2D eigenvalue weighted by Gasteiger charge is 2.25. The SMILES string of the molecule is CC(C)Cc1cc(NN)nc(C2Cc3ccccc3C2)n1. The van der Waals surface area contributed by atoms with Gasteiger partial charge in [0.25, 0.3) is 0 Å². The first-order valence-electron chi connectivity index (χ1n) is 7.57. The molecule has 0 spiro atoms. The average Bonchev–Trinajstić information content (AvgIpc) is 2.90. The molecule has 0 saturated heterocycles. The fourth-order valence-electron chi connectivity index (χ4n) is 3.04. The van der Waals surface area contributed by atoms with Crippen molar-refractivity contribution in [3.05, 3.63) is 53.0 Å². The number of nitrogens with one attached hydrogen (secondary N) is 1.